The van der Waals surface area contributed by atoms with Crippen LogP contribution in [-0.4, -0.2) is 23.5 Å². The number of nitrogens with zero attached hydrogens (tertiary/aromatic N) is 3. The average Bonchev–Trinajstić information content (AvgIpc) is 2.49. The Labute approximate surface area is 123 Å². The predicted octanol–water partition coefficient (Wildman–Crippen LogP) is 3.50. The molecule has 1 aromatic carbocycles. The van der Waals surface area contributed by atoms with Gasteiger partial charge in [-0.15, -0.1) is 0 Å². The second-order valence-electron chi connectivity index (χ2n) is 4.58. The van der Waals surface area contributed by atoms with Crippen molar-refractivity contribution in [2.24, 2.45) is 0 Å². The number of benzene rings is 1. The lowest BCUT2D eigenvalue weighted by Crippen LogP contribution is -2.20. The molecule has 0 amide bonds. The minimum Gasteiger partial charge on any atom is -0.373 e. The smallest absolute Gasteiger partial charge is 0.312 e. The molecule has 110 valence electrons. The molecule has 1 aromatic heterocycles. The summed E-state index contributed by atoms with van der Waals surface area (Å²) in [6, 6.07) is 10.9. The number of aryl methyl sites for hydroxylation is 1. The molecular formula is C15H18N4O2. The second-order valence-corrected chi connectivity index (χ2v) is 4.58. The van der Waals surface area contributed by atoms with Gasteiger partial charge in [0, 0.05) is 25.3 Å². The first kappa shape index (κ1) is 14.8. The van der Waals surface area contributed by atoms with E-state index in [0.29, 0.717) is 18.2 Å². The molecule has 6 heteroatoms. The zero-order valence-corrected chi connectivity index (χ0v) is 12.3. The van der Waals surface area contributed by atoms with E-state index in [1.165, 1.54) is 6.07 Å². The van der Waals surface area contributed by atoms with Crippen molar-refractivity contribution in [1.29, 1.82) is 0 Å². The third-order valence-corrected chi connectivity index (χ3v) is 3.29. The van der Waals surface area contributed by atoms with Crippen molar-refractivity contribution in [2.45, 2.75) is 13.8 Å². The molecule has 0 fully saturated rings. The predicted molar refractivity (Wildman–Crippen MR) is 84.3 cm³/mol. The molecule has 0 saturated heterocycles. The zero-order valence-electron chi connectivity index (χ0n) is 12.3. The number of pyridine rings is 1. The highest BCUT2D eigenvalue weighted by Crippen LogP contribution is 2.34. The van der Waals surface area contributed by atoms with Crippen LogP contribution in [0.2, 0.25) is 0 Å². The van der Waals surface area contributed by atoms with Gasteiger partial charge in [0.15, 0.2) is 0 Å². The van der Waals surface area contributed by atoms with Gasteiger partial charge in [0.25, 0.3) is 0 Å². The van der Waals surface area contributed by atoms with Crippen molar-refractivity contribution in [1.82, 2.24) is 4.98 Å². The maximum Gasteiger partial charge on any atom is 0.312 e. The van der Waals surface area contributed by atoms with Crippen LogP contribution < -0.4 is 10.2 Å². The maximum absolute atomic E-state index is 11.3. The minimum absolute atomic E-state index is 0.000830. The van der Waals surface area contributed by atoms with Gasteiger partial charge in [0.05, 0.1) is 4.92 Å². The molecule has 2 rings (SSSR count). The molecule has 0 aliphatic rings. The van der Waals surface area contributed by atoms with E-state index in [1.54, 1.807) is 13.1 Å². The molecule has 0 atom stereocenters. The molecular weight excluding hydrogens is 268 g/mol. The minimum atomic E-state index is -0.400. The van der Waals surface area contributed by atoms with Crippen LogP contribution in [0.4, 0.5) is 23.0 Å². The summed E-state index contributed by atoms with van der Waals surface area (Å²) in [5.74, 6) is 0.950. The van der Waals surface area contributed by atoms with Crippen molar-refractivity contribution in [3.05, 3.63) is 52.1 Å². The van der Waals surface area contributed by atoms with Gasteiger partial charge in [-0.2, -0.15) is 0 Å². The lowest BCUT2D eigenvalue weighted by atomic mass is 10.1. The molecule has 21 heavy (non-hydrogen) atoms. The summed E-state index contributed by atoms with van der Waals surface area (Å²) >= 11 is 0. The van der Waals surface area contributed by atoms with E-state index >= 15 is 0 Å². The van der Waals surface area contributed by atoms with Crippen molar-refractivity contribution in [2.75, 3.05) is 23.8 Å². The molecule has 1 heterocycles. The fourth-order valence-corrected chi connectivity index (χ4v) is 2.22. The molecule has 0 radical (unpaired) electrons. The zero-order chi connectivity index (χ0) is 15.4. The van der Waals surface area contributed by atoms with Crippen molar-refractivity contribution in [3.8, 4) is 0 Å². The Morgan fingerprint density at radius 3 is 2.57 bits per heavy atom. The van der Waals surface area contributed by atoms with Crippen LogP contribution in [0, 0.1) is 17.0 Å². The SMILES string of the molecule is CCN(c1ccccc1C)c1nc(NC)ccc1[N+](=O)[O-]. The van der Waals surface area contributed by atoms with Gasteiger partial charge >= 0.3 is 5.69 Å². The van der Waals surface area contributed by atoms with Gasteiger partial charge in [-0.3, -0.25) is 10.1 Å². The van der Waals surface area contributed by atoms with Crippen molar-refractivity contribution in [3.63, 3.8) is 0 Å². The Bertz CT molecular complexity index is 658. The van der Waals surface area contributed by atoms with E-state index in [-0.39, 0.29) is 5.69 Å². The van der Waals surface area contributed by atoms with Gasteiger partial charge in [-0.1, -0.05) is 18.2 Å². The maximum atomic E-state index is 11.3. The number of hydrogen-bond acceptors (Lipinski definition) is 5. The fourth-order valence-electron chi connectivity index (χ4n) is 2.22. The van der Waals surface area contributed by atoms with Crippen LogP contribution in [0.1, 0.15) is 12.5 Å². The molecule has 2 aromatic rings. The summed E-state index contributed by atoms with van der Waals surface area (Å²) < 4.78 is 0. The molecule has 1 N–H and O–H groups in total. The molecule has 0 aliphatic carbocycles. The number of nitrogens with one attached hydrogen (secondary N) is 1. The summed E-state index contributed by atoms with van der Waals surface area (Å²) in [6.45, 7) is 4.52. The number of nitro groups is 1. The van der Waals surface area contributed by atoms with E-state index in [1.807, 2.05) is 43.0 Å². The van der Waals surface area contributed by atoms with E-state index in [9.17, 15) is 10.1 Å². The molecule has 0 bridgehead atoms. The Morgan fingerprint density at radius 1 is 1.29 bits per heavy atom. The van der Waals surface area contributed by atoms with E-state index in [2.05, 4.69) is 10.3 Å². The quantitative estimate of drug-likeness (QED) is 0.673. The Kier molecular flexibility index (Phi) is 4.37. The largest absolute Gasteiger partial charge is 0.373 e. The Balaban J connectivity index is 2.61. The number of anilines is 3. The third-order valence-electron chi connectivity index (χ3n) is 3.29. The molecule has 6 nitrogen and oxygen atoms in total. The summed E-state index contributed by atoms with van der Waals surface area (Å²) in [6.07, 6.45) is 0. The van der Waals surface area contributed by atoms with E-state index in [4.69, 9.17) is 0 Å². The van der Waals surface area contributed by atoms with Gasteiger partial charge in [0.1, 0.15) is 5.82 Å². The first-order valence-corrected chi connectivity index (χ1v) is 6.74. The highest BCUT2D eigenvalue weighted by molar-refractivity contribution is 5.72. The van der Waals surface area contributed by atoms with Crippen molar-refractivity contribution < 1.29 is 4.92 Å². The summed E-state index contributed by atoms with van der Waals surface area (Å²) in [4.78, 5) is 17.1. The number of rotatable bonds is 5. The Hall–Kier alpha value is -2.63. The monoisotopic (exact) mass is 286 g/mol. The van der Waals surface area contributed by atoms with E-state index < -0.39 is 4.92 Å². The third kappa shape index (κ3) is 2.94. The van der Waals surface area contributed by atoms with Gasteiger partial charge < -0.3 is 10.2 Å². The van der Waals surface area contributed by atoms with Crippen LogP contribution in [-0.2, 0) is 0 Å². The second kappa shape index (κ2) is 6.21. The Morgan fingerprint density at radius 2 is 2.00 bits per heavy atom. The van der Waals surface area contributed by atoms with Crippen molar-refractivity contribution >= 4 is 23.0 Å². The van der Waals surface area contributed by atoms with Gasteiger partial charge in [-0.25, -0.2) is 4.98 Å². The normalized spacial score (nSPS) is 10.2. The fraction of sp³-hybridized carbons (Fsp3) is 0.267. The van der Waals surface area contributed by atoms with Crippen LogP contribution >= 0.6 is 0 Å². The lowest BCUT2D eigenvalue weighted by molar-refractivity contribution is -0.384. The molecule has 0 spiro atoms. The number of aromatic nitrogens is 1. The van der Waals surface area contributed by atoms with Crippen LogP contribution in [0.25, 0.3) is 0 Å². The molecule has 0 unspecified atom stereocenters. The lowest BCUT2D eigenvalue weighted by Gasteiger charge is -2.24. The summed E-state index contributed by atoms with van der Waals surface area (Å²) in [5, 5.41) is 14.2. The van der Waals surface area contributed by atoms with Crippen LogP contribution in [0.5, 0.6) is 0 Å². The summed E-state index contributed by atoms with van der Waals surface area (Å²) in [7, 11) is 1.74. The molecule has 0 saturated carbocycles. The first-order valence-electron chi connectivity index (χ1n) is 6.74. The highest BCUT2D eigenvalue weighted by Gasteiger charge is 2.22. The van der Waals surface area contributed by atoms with Gasteiger partial charge in [0.2, 0.25) is 5.82 Å². The van der Waals surface area contributed by atoms with Crippen LogP contribution in [0.3, 0.4) is 0 Å². The number of hydrogen-bond donors (Lipinski definition) is 1. The topological polar surface area (TPSA) is 71.3 Å². The van der Waals surface area contributed by atoms with Crippen LogP contribution in [0.15, 0.2) is 36.4 Å². The van der Waals surface area contributed by atoms with Gasteiger partial charge in [-0.05, 0) is 31.5 Å². The first-order chi connectivity index (χ1) is 10.1. The molecule has 0 aliphatic heterocycles. The highest BCUT2D eigenvalue weighted by atomic mass is 16.6. The number of para-hydroxylation sites is 1. The summed E-state index contributed by atoms with van der Waals surface area (Å²) in [5.41, 5.74) is 1.97. The average molecular weight is 286 g/mol. The van der Waals surface area contributed by atoms with E-state index in [0.717, 1.165) is 11.3 Å². The standard InChI is InChI=1S/C15H18N4O2/c1-4-18(12-8-6-5-7-11(12)2)15-13(19(20)21)9-10-14(16-3)17-15/h5-10H,4H2,1-3H3,(H,16,17).